The molecule has 0 saturated heterocycles. The quantitative estimate of drug-likeness (QED) is 0.513. The van der Waals surface area contributed by atoms with Gasteiger partial charge in [0.05, 0.1) is 11.7 Å². The van der Waals surface area contributed by atoms with Gasteiger partial charge in [0.15, 0.2) is 5.69 Å². The molecule has 1 amide bonds. The average molecular weight is 428 g/mol. The molecule has 0 aliphatic heterocycles. The fourth-order valence-electron chi connectivity index (χ4n) is 4.05. The third kappa shape index (κ3) is 5.10. The Morgan fingerprint density at radius 2 is 2.16 bits per heavy atom. The van der Waals surface area contributed by atoms with Gasteiger partial charge in [-0.25, -0.2) is 14.4 Å². The smallest absolute Gasteiger partial charge is 0.272 e. The van der Waals surface area contributed by atoms with Gasteiger partial charge in [-0.05, 0) is 57.6 Å². The highest BCUT2D eigenvalue weighted by Crippen LogP contribution is 2.25. The number of aromatic amines is 1. The fourth-order valence-corrected chi connectivity index (χ4v) is 4.05. The van der Waals surface area contributed by atoms with Crippen molar-refractivity contribution in [3.05, 3.63) is 36.7 Å². The second-order valence-electron chi connectivity index (χ2n) is 8.72. The number of imidazole rings is 1. The largest absolute Gasteiger partial charge is 0.348 e. The van der Waals surface area contributed by atoms with Crippen LogP contribution in [0.25, 0.3) is 16.7 Å². The Morgan fingerprint density at radius 3 is 2.87 bits per heavy atom. The van der Waals surface area contributed by atoms with Gasteiger partial charge >= 0.3 is 0 Å². The van der Waals surface area contributed by atoms with Gasteiger partial charge in [-0.3, -0.25) is 14.5 Å². The van der Waals surface area contributed by atoms with Crippen LogP contribution in [-0.2, 0) is 0 Å². The molecule has 1 aliphatic carbocycles. The number of halogens is 1. The fraction of sp³-hybridized carbons (Fsp3) is 0.545. The molecular weight excluding hydrogens is 397 g/mol. The van der Waals surface area contributed by atoms with Crippen LogP contribution >= 0.6 is 0 Å². The molecule has 0 radical (unpaired) electrons. The first kappa shape index (κ1) is 21.4. The summed E-state index contributed by atoms with van der Waals surface area (Å²) in [6.45, 7) is 4.72. The van der Waals surface area contributed by atoms with E-state index in [-0.39, 0.29) is 11.9 Å². The molecule has 9 heteroatoms. The van der Waals surface area contributed by atoms with Gasteiger partial charge in [0.25, 0.3) is 5.91 Å². The lowest BCUT2D eigenvalue weighted by Gasteiger charge is -2.30. The van der Waals surface area contributed by atoms with E-state index in [1.165, 1.54) is 0 Å². The highest BCUT2D eigenvalue weighted by molar-refractivity contribution is 6.04. The molecule has 1 fully saturated rings. The predicted molar refractivity (Wildman–Crippen MR) is 117 cm³/mol. The van der Waals surface area contributed by atoms with Gasteiger partial charge in [-0.15, -0.1) is 0 Å². The van der Waals surface area contributed by atoms with Crippen molar-refractivity contribution in [1.29, 1.82) is 0 Å². The predicted octanol–water partition coefficient (Wildman–Crippen LogP) is 3.16. The minimum Gasteiger partial charge on any atom is -0.348 e. The van der Waals surface area contributed by atoms with E-state index >= 15 is 0 Å². The SMILES string of the molecule is CCC(C)(F)CNCC1CCC(NC(=O)c2nc(-n3ccnc3)cc3cn[nH]c23)CC1. The summed E-state index contributed by atoms with van der Waals surface area (Å²) in [6.07, 6.45) is 11.1. The average Bonchev–Trinajstić information content (AvgIpc) is 3.46. The van der Waals surface area contributed by atoms with E-state index in [0.717, 1.165) is 37.6 Å². The van der Waals surface area contributed by atoms with Crippen molar-refractivity contribution in [2.45, 2.75) is 57.7 Å². The lowest BCUT2D eigenvalue weighted by Crippen LogP contribution is -2.41. The third-order valence-corrected chi connectivity index (χ3v) is 6.25. The number of H-pyrrole nitrogens is 1. The first-order valence-electron chi connectivity index (χ1n) is 11.0. The van der Waals surface area contributed by atoms with Crippen molar-refractivity contribution >= 4 is 16.8 Å². The van der Waals surface area contributed by atoms with Crippen LogP contribution in [0, 0.1) is 5.92 Å². The van der Waals surface area contributed by atoms with E-state index in [2.05, 4.69) is 30.8 Å². The molecule has 0 aromatic carbocycles. The molecule has 1 atom stereocenters. The van der Waals surface area contributed by atoms with Crippen molar-refractivity contribution in [1.82, 2.24) is 35.4 Å². The zero-order chi connectivity index (χ0) is 21.8. The summed E-state index contributed by atoms with van der Waals surface area (Å²) in [5.74, 6) is 0.940. The van der Waals surface area contributed by atoms with Crippen LogP contribution in [0.3, 0.4) is 0 Å². The summed E-state index contributed by atoms with van der Waals surface area (Å²) < 4.78 is 15.8. The zero-order valence-electron chi connectivity index (χ0n) is 18.1. The minimum absolute atomic E-state index is 0.113. The maximum absolute atomic E-state index is 14.0. The van der Waals surface area contributed by atoms with Crippen LogP contribution in [0.5, 0.6) is 0 Å². The number of hydrogen-bond acceptors (Lipinski definition) is 5. The molecule has 166 valence electrons. The van der Waals surface area contributed by atoms with E-state index in [4.69, 9.17) is 0 Å². The number of nitrogens with one attached hydrogen (secondary N) is 3. The van der Waals surface area contributed by atoms with Crippen molar-refractivity contribution < 1.29 is 9.18 Å². The number of aromatic nitrogens is 5. The van der Waals surface area contributed by atoms with Crippen molar-refractivity contribution in [2.75, 3.05) is 13.1 Å². The van der Waals surface area contributed by atoms with Crippen LogP contribution in [0.2, 0.25) is 0 Å². The monoisotopic (exact) mass is 427 g/mol. The normalized spacial score (nSPS) is 21.1. The molecule has 3 aromatic rings. The molecule has 1 saturated carbocycles. The van der Waals surface area contributed by atoms with Gasteiger partial charge < -0.3 is 10.6 Å². The number of fused-ring (bicyclic) bond motifs is 1. The zero-order valence-corrected chi connectivity index (χ0v) is 18.1. The maximum atomic E-state index is 14.0. The summed E-state index contributed by atoms with van der Waals surface area (Å²) >= 11 is 0. The van der Waals surface area contributed by atoms with Crippen molar-refractivity contribution in [3.8, 4) is 5.82 Å². The first-order chi connectivity index (χ1) is 14.9. The van der Waals surface area contributed by atoms with E-state index in [1.54, 1.807) is 36.4 Å². The molecule has 1 aliphatic rings. The summed E-state index contributed by atoms with van der Waals surface area (Å²) in [4.78, 5) is 21.7. The summed E-state index contributed by atoms with van der Waals surface area (Å²) in [5, 5.41) is 14.2. The lowest BCUT2D eigenvalue weighted by atomic mass is 9.86. The van der Waals surface area contributed by atoms with Crippen LogP contribution in [0.4, 0.5) is 4.39 Å². The van der Waals surface area contributed by atoms with Gasteiger partial charge in [0.2, 0.25) is 0 Å². The number of pyridine rings is 1. The molecule has 3 aromatic heterocycles. The Labute approximate surface area is 181 Å². The molecular formula is C22H30FN7O. The Kier molecular flexibility index (Phi) is 6.31. The van der Waals surface area contributed by atoms with Gasteiger partial charge in [-0.2, -0.15) is 5.10 Å². The Bertz CT molecular complexity index is 1010. The summed E-state index contributed by atoms with van der Waals surface area (Å²) in [5.41, 5.74) is -0.185. The Hall–Kier alpha value is -2.81. The van der Waals surface area contributed by atoms with E-state index < -0.39 is 5.67 Å². The molecule has 31 heavy (non-hydrogen) atoms. The molecule has 0 bridgehead atoms. The first-order valence-corrected chi connectivity index (χ1v) is 11.0. The number of carbonyl (C=O) groups is 1. The number of hydrogen-bond donors (Lipinski definition) is 3. The van der Waals surface area contributed by atoms with Crippen molar-refractivity contribution in [3.63, 3.8) is 0 Å². The highest BCUT2D eigenvalue weighted by Gasteiger charge is 2.26. The van der Waals surface area contributed by atoms with E-state index in [1.807, 2.05) is 13.0 Å². The molecule has 1 unspecified atom stereocenters. The molecule has 3 heterocycles. The highest BCUT2D eigenvalue weighted by atomic mass is 19.1. The molecule has 8 nitrogen and oxygen atoms in total. The second kappa shape index (κ2) is 9.13. The topological polar surface area (TPSA) is 101 Å². The molecule has 3 N–H and O–H groups in total. The number of carbonyl (C=O) groups excluding carboxylic acids is 1. The number of alkyl halides is 1. The molecule has 4 rings (SSSR count). The molecule has 0 spiro atoms. The van der Waals surface area contributed by atoms with Crippen LogP contribution in [-0.4, -0.2) is 55.4 Å². The standard InChI is InChI=1S/C22H30FN7O/c1-3-22(2,23)13-25-11-15-4-6-17(7-5-15)27-21(31)20-19-16(12-26-29-19)10-18(28-20)30-9-8-24-14-30/h8-10,12,14-15,17,25H,3-7,11,13H2,1-2H3,(H,26,29)(H,27,31). The van der Waals surface area contributed by atoms with Gasteiger partial charge in [0.1, 0.15) is 17.8 Å². The minimum atomic E-state index is -1.15. The summed E-state index contributed by atoms with van der Waals surface area (Å²) in [7, 11) is 0. The van der Waals surface area contributed by atoms with Gasteiger partial charge in [-0.1, -0.05) is 6.92 Å². The van der Waals surface area contributed by atoms with Gasteiger partial charge in [0, 0.05) is 30.4 Å². The van der Waals surface area contributed by atoms with Crippen LogP contribution in [0.1, 0.15) is 56.4 Å². The lowest BCUT2D eigenvalue weighted by molar-refractivity contribution is 0.0917. The summed E-state index contributed by atoms with van der Waals surface area (Å²) in [6, 6.07) is 1.98. The number of nitrogens with zero attached hydrogens (tertiary/aromatic N) is 4. The van der Waals surface area contributed by atoms with Crippen LogP contribution < -0.4 is 10.6 Å². The third-order valence-electron chi connectivity index (χ3n) is 6.25. The Morgan fingerprint density at radius 1 is 1.35 bits per heavy atom. The number of amides is 1. The van der Waals surface area contributed by atoms with Crippen LogP contribution in [0.15, 0.2) is 31.0 Å². The maximum Gasteiger partial charge on any atom is 0.272 e. The van der Waals surface area contributed by atoms with E-state index in [0.29, 0.717) is 35.9 Å². The number of rotatable bonds is 8. The Balaban J connectivity index is 1.35. The van der Waals surface area contributed by atoms with E-state index in [9.17, 15) is 9.18 Å². The second-order valence-corrected chi connectivity index (χ2v) is 8.72. The van der Waals surface area contributed by atoms with Crippen molar-refractivity contribution in [2.24, 2.45) is 5.92 Å².